The van der Waals surface area contributed by atoms with Gasteiger partial charge in [0, 0.05) is 24.2 Å². The smallest absolute Gasteiger partial charge is 0.183 e. The van der Waals surface area contributed by atoms with Crippen LogP contribution in [-0.2, 0) is 6.54 Å². The summed E-state index contributed by atoms with van der Waals surface area (Å²) in [7, 11) is 0. The predicted molar refractivity (Wildman–Crippen MR) is 66.8 cm³/mol. The molecule has 0 aromatic carbocycles. The Morgan fingerprint density at radius 2 is 2.47 bits per heavy atom. The van der Waals surface area contributed by atoms with Crippen LogP contribution >= 0.6 is 35.3 Å². The zero-order valence-electron chi connectivity index (χ0n) is 8.36. The first kappa shape index (κ1) is 13.2. The van der Waals surface area contributed by atoms with Crippen LogP contribution in [0.1, 0.15) is 11.3 Å². The molecule has 0 radical (unpaired) electrons. The Hall–Kier alpha value is 0.130. The summed E-state index contributed by atoms with van der Waals surface area (Å²) in [5, 5.41) is 0. The highest BCUT2D eigenvalue weighted by atomic mass is 35.5. The third-order valence-corrected chi connectivity index (χ3v) is 3.71. The normalized spacial score (nSPS) is 21.6. The second kappa shape index (κ2) is 6.01. The fourth-order valence-electron chi connectivity index (χ4n) is 1.83. The highest BCUT2D eigenvalue weighted by Crippen LogP contribution is 2.22. The number of rotatable bonds is 3. The maximum Gasteiger partial charge on any atom is 0.183 e. The number of thiazole rings is 1. The Balaban J connectivity index is 0.00000112. The lowest BCUT2D eigenvalue weighted by Crippen LogP contribution is -2.22. The summed E-state index contributed by atoms with van der Waals surface area (Å²) in [5.74, 6) is 0.679. The van der Waals surface area contributed by atoms with Gasteiger partial charge in [-0.2, -0.15) is 0 Å². The average Bonchev–Trinajstić information content (AvgIpc) is 2.76. The topological polar surface area (TPSA) is 42.1 Å². The van der Waals surface area contributed by atoms with E-state index in [9.17, 15) is 0 Å². The summed E-state index contributed by atoms with van der Waals surface area (Å²) in [6.45, 7) is 4.05. The van der Waals surface area contributed by atoms with E-state index < -0.39 is 0 Å². The number of halogens is 2. The third-order valence-electron chi connectivity index (χ3n) is 2.61. The average molecular weight is 268 g/mol. The zero-order valence-corrected chi connectivity index (χ0v) is 10.7. The second-order valence-electron chi connectivity index (χ2n) is 3.71. The maximum atomic E-state index is 5.77. The molecule has 0 saturated carbocycles. The van der Waals surface area contributed by atoms with E-state index >= 15 is 0 Å². The molecule has 0 bridgehead atoms. The van der Waals surface area contributed by atoms with Gasteiger partial charge in [0.05, 0.1) is 0 Å². The van der Waals surface area contributed by atoms with Crippen LogP contribution in [0.3, 0.4) is 0 Å². The SMILES string of the molecule is Cl.NCC1CCN(Cc2cnc(Cl)s2)C1. The minimum atomic E-state index is 0. The number of likely N-dealkylation sites (tertiary alicyclic amines) is 1. The molecule has 1 aliphatic rings. The number of nitrogens with two attached hydrogens (primary N) is 1. The van der Waals surface area contributed by atoms with Crippen molar-refractivity contribution < 1.29 is 0 Å². The van der Waals surface area contributed by atoms with Crippen molar-refractivity contribution in [3.8, 4) is 0 Å². The summed E-state index contributed by atoms with van der Waals surface area (Å²) in [6.07, 6.45) is 3.09. The van der Waals surface area contributed by atoms with Gasteiger partial charge < -0.3 is 5.73 Å². The lowest BCUT2D eigenvalue weighted by molar-refractivity contribution is 0.320. The zero-order chi connectivity index (χ0) is 9.97. The lowest BCUT2D eigenvalue weighted by Gasteiger charge is -2.13. The molecule has 1 atom stereocenters. The summed E-state index contributed by atoms with van der Waals surface area (Å²) >= 11 is 7.34. The Bertz CT molecular complexity index is 305. The molecule has 2 N–H and O–H groups in total. The second-order valence-corrected chi connectivity index (χ2v) is 5.40. The first-order chi connectivity index (χ1) is 6.78. The van der Waals surface area contributed by atoms with Gasteiger partial charge in [-0.1, -0.05) is 11.6 Å². The first-order valence-corrected chi connectivity index (χ1v) is 6.00. The van der Waals surface area contributed by atoms with Crippen molar-refractivity contribution >= 4 is 35.3 Å². The van der Waals surface area contributed by atoms with Crippen LogP contribution in [0.5, 0.6) is 0 Å². The van der Waals surface area contributed by atoms with Crippen LogP contribution in [0, 0.1) is 5.92 Å². The summed E-state index contributed by atoms with van der Waals surface area (Å²) in [4.78, 5) is 7.69. The van der Waals surface area contributed by atoms with E-state index in [1.165, 1.54) is 11.3 Å². The molecule has 1 saturated heterocycles. The molecular weight excluding hydrogens is 253 g/mol. The van der Waals surface area contributed by atoms with E-state index in [0.717, 1.165) is 26.2 Å². The van der Waals surface area contributed by atoms with Crippen LogP contribution in [0.2, 0.25) is 4.47 Å². The van der Waals surface area contributed by atoms with E-state index in [1.54, 1.807) is 11.3 Å². The third kappa shape index (κ3) is 3.57. The number of hydrogen-bond acceptors (Lipinski definition) is 4. The Labute approximate surface area is 105 Å². The van der Waals surface area contributed by atoms with Crippen molar-refractivity contribution in [3.05, 3.63) is 15.5 Å². The quantitative estimate of drug-likeness (QED) is 0.911. The van der Waals surface area contributed by atoms with E-state index in [0.29, 0.717) is 10.4 Å². The van der Waals surface area contributed by atoms with E-state index in [4.69, 9.17) is 17.3 Å². The first-order valence-electron chi connectivity index (χ1n) is 4.80. The van der Waals surface area contributed by atoms with Gasteiger partial charge in [0.15, 0.2) is 4.47 Å². The fourth-order valence-corrected chi connectivity index (χ4v) is 2.85. The van der Waals surface area contributed by atoms with E-state index in [1.807, 2.05) is 6.20 Å². The van der Waals surface area contributed by atoms with Crippen molar-refractivity contribution in [2.24, 2.45) is 11.7 Å². The van der Waals surface area contributed by atoms with Gasteiger partial charge in [-0.25, -0.2) is 4.98 Å². The molecule has 0 amide bonds. The van der Waals surface area contributed by atoms with Crippen molar-refractivity contribution in [1.82, 2.24) is 9.88 Å². The summed E-state index contributed by atoms with van der Waals surface area (Å²) < 4.78 is 0.634. The van der Waals surface area contributed by atoms with Gasteiger partial charge in [0.25, 0.3) is 0 Å². The van der Waals surface area contributed by atoms with Gasteiger partial charge in [-0.15, -0.1) is 23.7 Å². The van der Waals surface area contributed by atoms with Crippen LogP contribution in [0.4, 0.5) is 0 Å². The molecule has 1 unspecified atom stereocenters. The van der Waals surface area contributed by atoms with Gasteiger partial charge >= 0.3 is 0 Å². The van der Waals surface area contributed by atoms with Crippen LogP contribution < -0.4 is 5.73 Å². The Morgan fingerprint density at radius 1 is 1.67 bits per heavy atom. The molecule has 2 rings (SSSR count). The number of hydrogen-bond donors (Lipinski definition) is 1. The standard InChI is InChI=1S/C9H14ClN3S.ClH/c10-9-12-4-8(14-9)6-13-2-1-7(3-11)5-13;/h4,7H,1-3,5-6,11H2;1H. The molecule has 1 fully saturated rings. The van der Waals surface area contributed by atoms with Crippen molar-refractivity contribution in [2.75, 3.05) is 19.6 Å². The minimum absolute atomic E-state index is 0. The Kier molecular flexibility index (Phi) is 5.29. The fraction of sp³-hybridized carbons (Fsp3) is 0.667. The highest BCUT2D eigenvalue weighted by Gasteiger charge is 2.21. The molecule has 3 nitrogen and oxygen atoms in total. The molecule has 0 spiro atoms. The number of aromatic nitrogens is 1. The largest absolute Gasteiger partial charge is 0.330 e. The summed E-state index contributed by atoms with van der Waals surface area (Å²) in [5.41, 5.74) is 5.64. The highest BCUT2D eigenvalue weighted by molar-refractivity contribution is 7.15. The minimum Gasteiger partial charge on any atom is -0.330 e. The Morgan fingerprint density at radius 3 is 3.00 bits per heavy atom. The number of nitrogens with zero attached hydrogens (tertiary/aromatic N) is 2. The maximum absolute atomic E-state index is 5.77. The van der Waals surface area contributed by atoms with Crippen molar-refractivity contribution in [1.29, 1.82) is 0 Å². The van der Waals surface area contributed by atoms with Gasteiger partial charge in [0.1, 0.15) is 0 Å². The molecule has 86 valence electrons. The molecular formula is C9H15Cl2N3S. The molecule has 1 aliphatic heterocycles. The van der Waals surface area contributed by atoms with Gasteiger partial charge in [-0.05, 0) is 25.4 Å². The monoisotopic (exact) mass is 267 g/mol. The van der Waals surface area contributed by atoms with Crippen molar-refractivity contribution in [3.63, 3.8) is 0 Å². The molecule has 6 heteroatoms. The van der Waals surface area contributed by atoms with Gasteiger partial charge in [-0.3, -0.25) is 4.90 Å². The van der Waals surface area contributed by atoms with E-state index in [-0.39, 0.29) is 12.4 Å². The molecule has 15 heavy (non-hydrogen) atoms. The van der Waals surface area contributed by atoms with Crippen LogP contribution in [0.15, 0.2) is 6.20 Å². The molecule has 0 aliphatic carbocycles. The van der Waals surface area contributed by atoms with Gasteiger partial charge in [0.2, 0.25) is 0 Å². The molecule has 1 aromatic rings. The van der Waals surface area contributed by atoms with Crippen molar-refractivity contribution in [2.45, 2.75) is 13.0 Å². The van der Waals surface area contributed by atoms with Crippen LogP contribution in [0.25, 0.3) is 0 Å². The molecule has 1 aromatic heterocycles. The van der Waals surface area contributed by atoms with E-state index in [2.05, 4.69) is 9.88 Å². The lowest BCUT2D eigenvalue weighted by atomic mass is 10.1. The molecule has 2 heterocycles. The van der Waals surface area contributed by atoms with Crippen LogP contribution in [-0.4, -0.2) is 29.5 Å². The predicted octanol–water partition coefficient (Wildman–Crippen LogP) is 2.00. The summed E-state index contributed by atoms with van der Waals surface area (Å²) in [6, 6.07) is 0.